The van der Waals surface area contributed by atoms with Crippen LogP contribution >= 0.6 is 0 Å². The maximum absolute atomic E-state index is 5.23. The lowest BCUT2D eigenvalue weighted by Gasteiger charge is -2.05. The summed E-state index contributed by atoms with van der Waals surface area (Å²) in [6.45, 7) is 8.17. The van der Waals surface area contributed by atoms with Gasteiger partial charge in [0.05, 0.1) is 0 Å². The van der Waals surface area contributed by atoms with Gasteiger partial charge in [-0.05, 0) is 31.4 Å². The molecule has 0 fully saturated rings. The van der Waals surface area contributed by atoms with Crippen molar-refractivity contribution < 1.29 is 0 Å². The quantitative estimate of drug-likeness (QED) is 0.491. The minimum atomic E-state index is 0.586. The highest BCUT2D eigenvalue weighted by molar-refractivity contribution is 5.17. The van der Waals surface area contributed by atoms with Crippen LogP contribution in [0.4, 0.5) is 0 Å². The molecule has 13 heavy (non-hydrogen) atoms. The molecule has 1 heteroatoms. The molecule has 0 aromatic carbocycles. The molecule has 0 aliphatic carbocycles. The van der Waals surface area contributed by atoms with Crippen molar-refractivity contribution in [3.05, 3.63) is 36.6 Å². The molecule has 0 saturated heterocycles. The van der Waals surface area contributed by atoms with Crippen LogP contribution in [-0.2, 0) is 0 Å². The van der Waals surface area contributed by atoms with Crippen LogP contribution in [0.3, 0.4) is 0 Å². The monoisotopic (exact) mass is 179 g/mol. The first kappa shape index (κ1) is 12.0. The van der Waals surface area contributed by atoms with Gasteiger partial charge in [-0.15, -0.1) is 0 Å². The predicted octanol–water partition coefficient (Wildman–Crippen LogP) is 3.40. The lowest BCUT2D eigenvalue weighted by molar-refractivity contribution is 0.773. The molecule has 0 rings (SSSR count). The van der Waals surface area contributed by atoms with Crippen molar-refractivity contribution in [3.8, 4) is 0 Å². The van der Waals surface area contributed by atoms with E-state index in [2.05, 4.69) is 26.5 Å². The molecule has 0 aliphatic rings. The van der Waals surface area contributed by atoms with Gasteiger partial charge in [-0.2, -0.15) is 0 Å². The molecule has 0 unspecified atom stereocenters. The molecule has 0 heterocycles. The van der Waals surface area contributed by atoms with E-state index in [1.165, 1.54) is 5.57 Å². The van der Waals surface area contributed by atoms with E-state index < -0.39 is 0 Å². The lowest BCUT2D eigenvalue weighted by atomic mass is 10.0. The molecule has 1 nitrogen and oxygen atoms in total. The van der Waals surface area contributed by atoms with Crippen molar-refractivity contribution in [2.45, 2.75) is 33.1 Å². The van der Waals surface area contributed by atoms with Gasteiger partial charge in [0.1, 0.15) is 0 Å². The Bertz CT molecular complexity index is 187. The van der Waals surface area contributed by atoms with Gasteiger partial charge in [0, 0.05) is 0 Å². The van der Waals surface area contributed by atoms with Crippen molar-refractivity contribution in [1.29, 1.82) is 0 Å². The van der Waals surface area contributed by atoms with Crippen molar-refractivity contribution >= 4 is 0 Å². The maximum Gasteiger partial charge on any atom is -0.0103 e. The van der Waals surface area contributed by atoms with E-state index in [9.17, 15) is 0 Å². The maximum atomic E-state index is 5.23. The fourth-order valence-corrected chi connectivity index (χ4v) is 1.16. The summed E-state index contributed by atoms with van der Waals surface area (Å²) in [4.78, 5) is 0. The van der Waals surface area contributed by atoms with Crippen molar-refractivity contribution in [3.63, 3.8) is 0 Å². The van der Waals surface area contributed by atoms with Gasteiger partial charge in [-0.3, -0.25) is 0 Å². The summed E-state index contributed by atoms with van der Waals surface area (Å²) >= 11 is 0. The summed E-state index contributed by atoms with van der Waals surface area (Å²) in [7, 11) is 0. The van der Waals surface area contributed by atoms with E-state index in [0.717, 1.165) is 19.3 Å². The fraction of sp³-hybridized carbons (Fsp3) is 0.500. The van der Waals surface area contributed by atoms with Crippen LogP contribution in [0.25, 0.3) is 0 Å². The highest BCUT2D eigenvalue weighted by atomic mass is 14.5. The first-order chi connectivity index (χ1) is 6.22. The van der Waals surface area contributed by atoms with Gasteiger partial charge >= 0.3 is 0 Å². The van der Waals surface area contributed by atoms with Crippen LogP contribution in [0, 0.1) is 5.92 Å². The largest absolute Gasteiger partial charge is 0.405 e. The van der Waals surface area contributed by atoms with Crippen LogP contribution in [-0.4, -0.2) is 0 Å². The van der Waals surface area contributed by atoms with E-state index in [-0.39, 0.29) is 0 Å². The Morgan fingerprint density at radius 2 is 2.08 bits per heavy atom. The predicted molar refractivity (Wildman–Crippen MR) is 60.3 cm³/mol. The average molecular weight is 179 g/mol. The highest BCUT2D eigenvalue weighted by Gasteiger charge is 1.96. The Morgan fingerprint density at radius 3 is 2.54 bits per heavy atom. The van der Waals surface area contributed by atoms with Crippen molar-refractivity contribution in [1.82, 2.24) is 0 Å². The highest BCUT2D eigenvalue weighted by Crippen LogP contribution is 2.12. The fourth-order valence-electron chi connectivity index (χ4n) is 1.16. The minimum absolute atomic E-state index is 0.586. The summed E-state index contributed by atoms with van der Waals surface area (Å²) in [5.41, 5.74) is 6.58. The molecule has 0 radical (unpaired) electrons. The van der Waals surface area contributed by atoms with Gasteiger partial charge in [0.2, 0.25) is 0 Å². The summed E-state index contributed by atoms with van der Waals surface area (Å²) < 4.78 is 0. The smallest absolute Gasteiger partial charge is 0.0103 e. The molecule has 0 atom stereocenters. The van der Waals surface area contributed by atoms with Crippen LogP contribution in [0.15, 0.2) is 36.6 Å². The Kier molecular flexibility index (Phi) is 7.08. The normalized spacial score (nSPS) is 12.7. The summed E-state index contributed by atoms with van der Waals surface area (Å²) in [6, 6.07) is 0. The molecule has 0 saturated carbocycles. The number of nitrogens with two attached hydrogens (primary N) is 1. The topological polar surface area (TPSA) is 26.0 Å². The molecular weight excluding hydrogens is 158 g/mol. The molecule has 0 aromatic heterocycles. The van der Waals surface area contributed by atoms with Crippen molar-refractivity contribution in [2.75, 3.05) is 0 Å². The summed E-state index contributed by atoms with van der Waals surface area (Å²) in [6.07, 6.45) is 11.2. The Balaban J connectivity index is 3.73. The zero-order valence-corrected chi connectivity index (χ0v) is 8.79. The van der Waals surface area contributed by atoms with Gasteiger partial charge < -0.3 is 5.73 Å². The zero-order chi connectivity index (χ0) is 10.1. The van der Waals surface area contributed by atoms with Crippen LogP contribution in [0.5, 0.6) is 0 Å². The Labute approximate surface area is 82.0 Å². The van der Waals surface area contributed by atoms with Gasteiger partial charge in [-0.25, -0.2) is 0 Å². The lowest BCUT2D eigenvalue weighted by Crippen LogP contribution is -1.89. The number of rotatable bonds is 6. The second-order valence-corrected chi connectivity index (χ2v) is 3.42. The molecular formula is C12H21N. The van der Waals surface area contributed by atoms with Crippen molar-refractivity contribution in [2.24, 2.45) is 11.7 Å². The van der Waals surface area contributed by atoms with E-state index in [1.54, 1.807) is 6.20 Å². The van der Waals surface area contributed by atoms with Gasteiger partial charge in [0.15, 0.2) is 0 Å². The number of hydrogen-bond acceptors (Lipinski definition) is 1. The van der Waals surface area contributed by atoms with Gasteiger partial charge in [0.25, 0.3) is 0 Å². The third kappa shape index (κ3) is 6.21. The van der Waals surface area contributed by atoms with E-state index in [1.807, 2.05) is 12.2 Å². The van der Waals surface area contributed by atoms with E-state index in [0.29, 0.717) is 5.92 Å². The average Bonchev–Trinajstić information content (AvgIpc) is 2.10. The molecule has 0 aliphatic heterocycles. The molecule has 0 amide bonds. The van der Waals surface area contributed by atoms with Crippen LogP contribution in [0.1, 0.15) is 33.1 Å². The standard InChI is InChI=1S/C12H21N/c1-4-12(11(2)3)9-7-5-6-8-10-13/h4,8-11H,1,5-7,13H2,2-3H3/b10-8-,12-9+. The Hall–Kier alpha value is -0.980. The van der Waals surface area contributed by atoms with Gasteiger partial charge in [-0.1, -0.05) is 44.2 Å². The third-order valence-electron chi connectivity index (χ3n) is 1.99. The summed E-state index contributed by atoms with van der Waals surface area (Å²) in [5.74, 6) is 0.586. The van der Waals surface area contributed by atoms with Crippen LogP contribution in [0.2, 0.25) is 0 Å². The number of hydrogen-bond donors (Lipinski definition) is 1. The first-order valence-corrected chi connectivity index (χ1v) is 4.91. The summed E-state index contributed by atoms with van der Waals surface area (Å²) in [5, 5.41) is 0. The van der Waals surface area contributed by atoms with E-state index >= 15 is 0 Å². The second kappa shape index (κ2) is 7.66. The molecule has 0 bridgehead atoms. The molecule has 0 spiro atoms. The molecule has 2 N–H and O–H groups in total. The molecule has 0 aromatic rings. The number of allylic oxidation sites excluding steroid dienone is 4. The second-order valence-electron chi connectivity index (χ2n) is 3.42. The zero-order valence-electron chi connectivity index (χ0n) is 8.79. The minimum Gasteiger partial charge on any atom is -0.405 e. The number of unbranched alkanes of at least 4 members (excludes halogenated alkanes) is 2. The van der Waals surface area contributed by atoms with E-state index in [4.69, 9.17) is 5.73 Å². The van der Waals surface area contributed by atoms with Crippen LogP contribution < -0.4 is 5.73 Å². The molecule has 74 valence electrons. The third-order valence-corrected chi connectivity index (χ3v) is 1.99. The first-order valence-electron chi connectivity index (χ1n) is 4.91. The SMILES string of the molecule is C=C/C(=C\CCC/C=C\N)C(C)C. The Morgan fingerprint density at radius 1 is 1.38 bits per heavy atom.